The van der Waals surface area contributed by atoms with Crippen molar-refractivity contribution in [3.63, 3.8) is 0 Å². The summed E-state index contributed by atoms with van der Waals surface area (Å²) in [5.74, 6) is 0.471. The van der Waals surface area contributed by atoms with Crippen LogP contribution in [0.4, 0.5) is 5.82 Å². The smallest absolute Gasteiger partial charge is 0.258 e. The Balaban J connectivity index is 2.22. The maximum absolute atomic E-state index is 12.6. The molecule has 19 heavy (non-hydrogen) atoms. The zero-order valence-corrected chi connectivity index (χ0v) is 11.2. The molecule has 0 spiro atoms. The van der Waals surface area contributed by atoms with E-state index in [9.17, 15) is 4.79 Å². The Hall–Kier alpha value is -1.66. The number of hydrogen-bond acceptors (Lipinski definition) is 5. The molecule has 2 heterocycles. The molecule has 1 aromatic rings. The second kappa shape index (κ2) is 5.99. The van der Waals surface area contributed by atoms with Crippen LogP contribution in [0.3, 0.4) is 0 Å². The van der Waals surface area contributed by atoms with Crippen molar-refractivity contribution < 1.29 is 14.6 Å². The van der Waals surface area contributed by atoms with Crippen LogP contribution in [0.15, 0.2) is 18.3 Å². The lowest BCUT2D eigenvalue weighted by molar-refractivity contribution is -0.0667. The van der Waals surface area contributed by atoms with Crippen LogP contribution in [-0.4, -0.2) is 59.8 Å². The summed E-state index contributed by atoms with van der Waals surface area (Å²) in [5.41, 5.74) is 0.537. The van der Waals surface area contributed by atoms with E-state index in [4.69, 9.17) is 9.84 Å². The molecule has 0 radical (unpaired) electrons. The normalized spacial score (nSPS) is 23.2. The molecule has 1 aromatic heterocycles. The lowest BCUT2D eigenvalue weighted by Gasteiger charge is -2.37. The predicted molar refractivity (Wildman–Crippen MR) is 71.1 cm³/mol. The van der Waals surface area contributed by atoms with Crippen LogP contribution >= 0.6 is 0 Å². The van der Waals surface area contributed by atoms with Crippen molar-refractivity contribution in [3.8, 4) is 0 Å². The highest BCUT2D eigenvalue weighted by atomic mass is 16.5. The molecule has 104 valence electrons. The Morgan fingerprint density at radius 2 is 2.47 bits per heavy atom. The van der Waals surface area contributed by atoms with Crippen molar-refractivity contribution >= 4 is 11.7 Å². The standard InChI is InChI=1S/C13H19N3O3/c1-9-8-19-10(7-17)6-16(9)13(18)11-4-3-5-15-12(11)14-2/h3-5,9-10,17H,6-8H2,1-2H3,(H,14,15). The van der Waals surface area contributed by atoms with Crippen molar-refractivity contribution in [3.05, 3.63) is 23.9 Å². The number of rotatable bonds is 3. The first kappa shape index (κ1) is 13.8. The van der Waals surface area contributed by atoms with Crippen molar-refractivity contribution in [2.75, 3.05) is 32.1 Å². The number of nitrogens with zero attached hydrogens (tertiary/aromatic N) is 2. The van der Waals surface area contributed by atoms with Gasteiger partial charge in [0.05, 0.1) is 30.9 Å². The van der Waals surface area contributed by atoms with E-state index in [2.05, 4.69) is 10.3 Å². The molecule has 6 nitrogen and oxygen atoms in total. The van der Waals surface area contributed by atoms with Crippen LogP contribution in [0.5, 0.6) is 0 Å². The van der Waals surface area contributed by atoms with Gasteiger partial charge in [-0.15, -0.1) is 0 Å². The van der Waals surface area contributed by atoms with E-state index < -0.39 is 0 Å². The van der Waals surface area contributed by atoms with Gasteiger partial charge in [-0.3, -0.25) is 4.79 Å². The first-order valence-electron chi connectivity index (χ1n) is 6.33. The fourth-order valence-electron chi connectivity index (χ4n) is 2.14. The van der Waals surface area contributed by atoms with Crippen LogP contribution in [0.2, 0.25) is 0 Å². The summed E-state index contributed by atoms with van der Waals surface area (Å²) in [7, 11) is 1.73. The fourth-order valence-corrected chi connectivity index (χ4v) is 2.14. The van der Waals surface area contributed by atoms with Gasteiger partial charge in [0, 0.05) is 19.8 Å². The largest absolute Gasteiger partial charge is 0.394 e. The molecule has 2 atom stereocenters. The molecule has 1 aliphatic heterocycles. The third-order valence-electron chi connectivity index (χ3n) is 3.24. The number of hydrogen-bond donors (Lipinski definition) is 2. The average molecular weight is 265 g/mol. The number of ether oxygens (including phenoxy) is 1. The van der Waals surface area contributed by atoms with Crippen LogP contribution < -0.4 is 5.32 Å². The summed E-state index contributed by atoms with van der Waals surface area (Å²) in [6, 6.07) is 3.47. The minimum atomic E-state index is -0.310. The lowest BCUT2D eigenvalue weighted by Crippen LogP contribution is -2.52. The van der Waals surface area contributed by atoms with Crippen LogP contribution in [0.25, 0.3) is 0 Å². The van der Waals surface area contributed by atoms with Gasteiger partial charge in [-0.25, -0.2) is 4.98 Å². The maximum atomic E-state index is 12.6. The highest BCUT2D eigenvalue weighted by Gasteiger charge is 2.30. The van der Waals surface area contributed by atoms with Crippen LogP contribution in [0, 0.1) is 0 Å². The molecule has 0 saturated carbocycles. The molecule has 0 bridgehead atoms. The number of pyridine rings is 1. The fraction of sp³-hybridized carbons (Fsp3) is 0.538. The van der Waals surface area contributed by atoms with Gasteiger partial charge < -0.3 is 20.1 Å². The Kier molecular flexibility index (Phi) is 4.34. The third kappa shape index (κ3) is 2.85. The van der Waals surface area contributed by atoms with E-state index in [1.165, 1.54) is 0 Å². The maximum Gasteiger partial charge on any atom is 0.258 e. The number of aliphatic hydroxyl groups is 1. The highest BCUT2D eigenvalue weighted by Crippen LogP contribution is 2.19. The summed E-state index contributed by atoms with van der Waals surface area (Å²) in [6.45, 7) is 2.68. The van der Waals surface area contributed by atoms with E-state index >= 15 is 0 Å². The number of aliphatic hydroxyl groups excluding tert-OH is 1. The number of morpholine rings is 1. The summed E-state index contributed by atoms with van der Waals surface area (Å²) in [5, 5.41) is 12.1. The van der Waals surface area contributed by atoms with Gasteiger partial charge in [0.1, 0.15) is 5.82 Å². The van der Waals surface area contributed by atoms with Crippen molar-refractivity contribution in [1.29, 1.82) is 0 Å². The first-order valence-corrected chi connectivity index (χ1v) is 6.33. The lowest BCUT2D eigenvalue weighted by atomic mass is 10.1. The highest BCUT2D eigenvalue weighted by molar-refractivity contribution is 5.98. The van der Waals surface area contributed by atoms with Gasteiger partial charge >= 0.3 is 0 Å². The zero-order valence-electron chi connectivity index (χ0n) is 11.2. The number of nitrogens with one attached hydrogen (secondary N) is 1. The van der Waals surface area contributed by atoms with Gasteiger partial charge in [0.2, 0.25) is 0 Å². The van der Waals surface area contributed by atoms with E-state index in [1.807, 2.05) is 6.92 Å². The topological polar surface area (TPSA) is 74.7 Å². The molecular formula is C13H19N3O3. The van der Waals surface area contributed by atoms with Crippen LogP contribution in [0.1, 0.15) is 17.3 Å². The second-order valence-electron chi connectivity index (χ2n) is 4.59. The van der Waals surface area contributed by atoms with Crippen molar-refractivity contribution in [2.24, 2.45) is 0 Å². The molecule has 1 saturated heterocycles. The SMILES string of the molecule is CNc1ncccc1C(=O)N1CC(CO)OCC1C. The molecule has 2 rings (SSSR count). The third-order valence-corrected chi connectivity index (χ3v) is 3.24. The molecule has 0 aliphatic carbocycles. The van der Waals surface area contributed by atoms with Crippen molar-refractivity contribution in [1.82, 2.24) is 9.88 Å². The number of aromatic nitrogens is 1. The minimum Gasteiger partial charge on any atom is -0.394 e. The zero-order chi connectivity index (χ0) is 13.8. The monoisotopic (exact) mass is 265 g/mol. The Labute approximate surface area is 112 Å². The van der Waals surface area contributed by atoms with E-state index in [1.54, 1.807) is 30.3 Å². The molecule has 1 amide bonds. The second-order valence-corrected chi connectivity index (χ2v) is 4.59. The Bertz CT molecular complexity index is 453. The summed E-state index contributed by atoms with van der Waals surface area (Å²) >= 11 is 0. The molecule has 2 unspecified atom stereocenters. The summed E-state index contributed by atoms with van der Waals surface area (Å²) in [4.78, 5) is 18.4. The summed E-state index contributed by atoms with van der Waals surface area (Å²) in [6.07, 6.45) is 1.33. The van der Waals surface area contributed by atoms with Gasteiger partial charge in [0.15, 0.2) is 0 Å². The van der Waals surface area contributed by atoms with E-state index in [-0.39, 0.29) is 24.7 Å². The predicted octanol–water partition coefficient (Wildman–Crippen LogP) is 0.345. The van der Waals surface area contributed by atoms with E-state index in [0.717, 1.165) is 0 Å². The van der Waals surface area contributed by atoms with E-state index in [0.29, 0.717) is 24.5 Å². The molecule has 1 fully saturated rings. The summed E-state index contributed by atoms with van der Waals surface area (Å²) < 4.78 is 5.44. The number of carbonyl (C=O) groups is 1. The first-order chi connectivity index (χ1) is 9.17. The van der Waals surface area contributed by atoms with Gasteiger partial charge in [-0.2, -0.15) is 0 Å². The number of anilines is 1. The minimum absolute atomic E-state index is 0.0137. The van der Waals surface area contributed by atoms with Crippen LogP contribution in [-0.2, 0) is 4.74 Å². The van der Waals surface area contributed by atoms with Crippen molar-refractivity contribution in [2.45, 2.75) is 19.1 Å². The Morgan fingerprint density at radius 3 is 3.16 bits per heavy atom. The average Bonchev–Trinajstić information content (AvgIpc) is 2.47. The molecule has 6 heteroatoms. The number of carbonyl (C=O) groups excluding carboxylic acids is 1. The molecular weight excluding hydrogens is 246 g/mol. The quantitative estimate of drug-likeness (QED) is 0.824. The van der Waals surface area contributed by atoms with Gasteiger partial charge in [0.25, 0.3) is 5.91 Å². The number of amides is 1. The van der Waals surface area contributed by atoms with Gasteiger partial charge in [-0.1, -0.05) is 0 Å². The molecule has 2 N–H and O–H groups in total. The van der Waals surface area contributed by atoms with Gasteiger partial charge in [-0.05, 0) is 19.1 Å². The molecule has 1 aliphatic rings. The Morgan fingerprint density at radius 1 is 1.68 bits per heavy atom. The molecule has 0 aromatic carbocycles.